The van der Waals surface area contributed by atoms with Gasteiger partial charge in [0.2, 0.25) is 0 Å². The van der Waals surface area contributed by atoms with E-state index in [1.165, 1.54) is 12.1 Å². The molecule has 19 heavy (non-hydrogen) atoms. The SMILES string of the molecule is Cc1cc(NCC(O)c2ccc(F)cc2)ccc1Br. The van der Waals surface area contributed by atoms with Crippen molar-refractivity contribution in [3.05, 3.63) is 63.9 Å². The Bertz CT molecular complexity index is 557. The van der Waals surface area contributed by atoms with E-state index >= 15 is 0 Å². The molecule has 1 unspecified atom stereocenters. The van der Waals surface area contributed by atoms with Gasteiger partial charge in [-0.1, -0.05) is 28.1 Å². The lowest BCUT2D eigenvalue weighted by Crippen LogP contribution is -2.12. The van der Waals surface area contributed by atoms with Gasteiger partial charge in [0.25, 0.3) is 0 Å². The Kier molecular flexibility index (Phi) is 4.56. The molecule has 0 saturated carbocycles. The number of anilines is 1. The van der Waals surface area contributed by atoms with E-state index in [-0.39, 0.29) is 5.82 Å². The third-order valence-corrected chi connectivity index (χ3v) is 3.80. The molecule has 1 atom stereocenters. The van der Waals surface area contributed by atoms with Gasteiger partial charge in [0.1, 0.15) is 5.82 Å². The molecule has 0 heterocycles. The standard InChI is InChI=1S/C15H15BrFNO/c1-10-8-13(6-7-14(10)16)18-9-15(19)11-2-4-12(17)5-3-11/h2-8,15,18-19H,9H2,1H3. The van der Waals surface area contributed by atoms with E-state index < -0.39 is 6.10 Å². The van der Waals surface area contributed by atoms with E-state index in [9.17, 15) is 9.50 Å². The molecule has 2 N–H and O–H groups in total. The Hall–Kier alpha value is -1.39. The lowest BCUT2D eigenvalue weighted by Gasteiger charge is -2.14. The molecule has 0 aliphatic carbocycles. The fourth-order valence-corrected chi connectivity index (χ4v) is 2.02. The van der Waals surface area contributed by atoms with Crippen molar-refractivity contribution < 1.29 is 9.50 Å². The number of benzene rings is 2. The summed E-state index contributed by atoms with van der Waals surface area (Å²) >= 11 is 3.44. The molecule has 4 heteroatoms. The van der Waals surface area contributed by atoms with Crippen LogP contribution in [0.1, 0.15) is 17.2 Å². The van der Waals surface area contributed by atoms with E-state index in [0.717, 1.165) is 15.7 Å². The summed E-state index contributed by atoms with van der Waals surface area (Å²) in [5, 5.41) is 13.2. The van der Waals surface area contributed by atoms with Gasteiger partial charge in [0.05, 0.1) is 6.10 Å². The van der Waals surface area contributed by atoms with Gasteiger partial charge in [-0.25, -0.2) is 4.39 Å². The van der Waals surface area contributed by atoms with Gasteiger partial charge in [0.15, 0.2) is 0 Å². The molecule has 0 aliphatic rings. The monoisotopic (exact) mass is 323 g/mol. The van der Waals surface area contributed by atoms with Crippen LogP contribution in [0.2, 0.25) is 0 Å². The summed E-state index contributed by atoms with van der Waals surface area (Å²) in [5.41, 5.74) is 2.77. The Balaban J connectivity index is 1.98. The van der Waals surface area contributed by atoms with Crippen LogP contribution in [0.3, 0.4) is 0 Å². The minimum absolute atomic E-state index is 0.299. The average Bonchev–Trinajstić information content (AvgIpc) is 2.40. The van der Waals surface area contributed by atoms with Crippen molar-refractivity contribution in [1.29, 1.82) is 0 Å². The Morgan fingerprint density at radius 3 is 2.53 bits per heavy atom. The maximum atomic E-state index is 12.8. The van der Waals surface area contributed by atoms with Gasteiger partial charge in [-0.3, -0.25) is 0 Å². The second-order valence-electron chi connectivity index (χ2n) is 4.41. The Morgan fingerprint density at radius 1 is 1.21 bits per heavy atom. The summed E-state index contributed by atoms with van der Waals surface area (Å²) in [6, 6.07) is 11.8. The normalized spacial score (nSPS) is 12.2. The van der Waals surface area contributed by atoms with Crippen LogP contribution in [-0.4, -0.2) is 11.7 Å². The molecule has 0 fully saturated rings. The van der Waals surface area contributed by atoms with Gasteiger partial charge in [-0.05, 0) is 48.4 Å². The van der Waals surface area contributed by atoms with Crippen molar-refractivity contribution in [3.63, 3.8) is 0 Å². The number of halogens is 2. The molecule has 0 aliphatic heterocycles. The number of hydrogen-bond donors (Lipinski definition) is 2. The van der Waals surface area contributed by atoms with Crippen molar-refractivity contribution in [2.45, 2.75) is 13.0 Å². The van der Waals surface area contributed by atoms with Crippen molar-refractivity contribution in [2.75, 3.05) is 11.9 Å². The first kappa shape index (κ1) is 14.0. The predicted molar refractivity (Wildman–Crippen MR) is 78.7 cm³/mol. The highest BCUT2D eigenvalue weighted by Crippen LogP contribution is 2.21. The summed E-state index contributed by atoms with van der Waals surface area (Å²) in [7, 11) is 0. The average molecular weight is 324 g/mol. The van der Waals surface area contributed by atoms with Crippen LogP contribution in [0, 0.1) is 12.7 Å². The molecule has 0 amide bonds. The summed E-state index contributed by atoms with van der Waals surface area (Å²) in [6.45, 7) is 2.39. The van der Waals surface area contributed by atoms with E-state index in [0.29, 0.717) is 12.1 Å². The summed E-state index contributed by atoms with van der Waals surface area (Å²) in [5.74, 6) is -0.299. The highest BCUT2D eigenvalue weighted by molar-refractivity contribution is 9.10. The highest BCUT2D eigenvalue weighted by atomic mass is 79.9. The fourth-order valence-electron chi connectivity index (χ4n) is 1.77. The van der Waals surface area contributed by atoms with E-state index in [4.69, 9.17) is 0 Å². The van der Waals surface area contributed by atoms with Crippen LogP contribution in [0.25, 0.3) is 0 Å². The van der Waals surface area contributed by atoms with Gasteiger partial charge in [-0.15, -0.1) is 0 Å². The first-order valence-electron chi connectivity index (χ1n) is 6.00. The van der Waals surface area contributed by atoms with Crippen LogP contribution in [0.15, 0.2) is 46.9 Å². The topological polar surface area (TPSA) is 32.3 Å². The minimum atomic E-state index is -0.662. The number of rotatable bonds is 4. The highest BCUT2D eigenvalue weighted by Gasteiger charge is 2.07. The quantitative estimate of drug-likeness (QED) is 0.889. The van der Waals surface area contributed by atoms with E-state index in [2.05, 4.69) is 21.2 Å². The van der Waals surface area contributed by atoms with Crippen molar-refractivity contribution in [1.82, 2.24) is 0 Å². The third-order valence-electron chi connectivity index (χ3n) is 2.91. The van der Waals surface area contributed by atoms with Crippen LogP contribution >= 0.6 is 15.9 Å². The molecule has 2 aromatic carbocycles. The summed E-state index contributed by atoms with van der Waals surface area (Å²) < 4.78 is 13.8. The maximum absolute atomic E-state index is 12.8. The zero-order valence-corrected chi connectivity index (χ0v) is 12.1. The summed E-state index contributed by atoms with van der Waals surface area (Å²) in [6.07, 6.45) is -0.662. The van der Waals surface area contributed by atoms with Crippen molar-refractivity contribution in [3.8, 4) is 0 Å². The summed E-state index contributed by atoms with van der Waals surface area (Å²) in [4.78, 5) is 0. The van der Waals surface area contributed by atoms with E-state index in [1.54, 1.807) is 12.1 Å². The fraction of sp³-hybridized carbons (Fsp3) is 0.200. The predicted octanol–water partition coefficient (Wildman–Crippen LogP) is 4.04. The van der Waals surface area contributed by atoms with Crippen molar-refractivity contribution in [2.24, 2.45) is 0 Å². The number of nitrogens with one attached hydrogen (secondary N) is 1. The second-order valence-corrected chi connectivity index (χ2v) is 5.27. The van der Waals surface area contributed by atoms with Gasteiger partial charge in [-0.2, -0.15) is 0 Å². The molecule has 2 aromatic rings. The number of hydrogen-bond acceptors (Lipinski definition) is 2. The van der Waals surface area contributed by atoms with Crippen LogP contribution in [0.4, 0.5) is 10.1 Å². The maximum Gasteiger partial charge on any atom is 0.123 e. The first-order valence-corrected chi connectivity index (χ1v) is 6.79. The number of aliphatic hydroxyl groups is 1. The van der Waals surface area contributed by atoms with Gasteiger partial charge >= 0.3 is 0 Å². The molecule has 0 radical (unpaired) electrons. The van der Waals surface area contributed by atoms with Crippen LogP contribution in [0.5, 0.6) is 0 Å². The molecule has 100 valence electrons. The number of aryl methyl sites for hydroxylation is 1. The number of aliphatic hydroxyl groups excluding tert-OH is 1. The molecular formula is C15H15BrFNO. The zero-order valence-electron chi connectivity index (χ0n) is 10.5. The molecule has 0 spiro atoms. The van der Waals surface area contributed by atoms with Gasteiger partial charge in [0, 0.05) is 16.7 Å². The zero-order chi connectivity index (χ0) is 13.8. The molecular weight excluding hydrogens is 309 g/mol. The third kappa shape index (κ3) is 3.78. The molecule has 0 aromatic heterocycles. The largest absolute Gasteiger partial charge is 0.387 e. The van der Waals surface area contributed by atoms with Crippen molar-refractivity contribution >= 4 is 21.6 Å². The molecule has 0 saturated heterocycles. The smallest absolute Gasteiger partial charge is 0.123 e. The minimum Gasteiger partial charge on any atom is -0.387 e. The Labute approximate surface area is 120 Å². The second kappa shape index (κ2) is 6.17. The lowest BCUT2D eigenvalue weighted by atomic mass is 10.1. The van der Waals surface area contributed by atoms with Gasteiger partial charge < -0.3 is 10.4 Å². The molecule has 2 rings (SSSR count). The molecule has 0 bridgehead atoms. The Morgan fingerprint density at radius 2 is 1.89 bits per heavy atom. The first-order chi connectivity index (χ1) is 9.06. The van der Waals surface area contributed by atoms with Crippen LogP contribution < -0.4 is 5.32 Å². The molecule has 2 nitrogen and oxygen atoms in total. The lowest BCUT2D eigenvalue weighted by molar-refractivity contribution is 0.191. The van der Waals surface area contributed by atoms with E-state index in [1.807, 2.05) is 25.1 Å². The van der Waals surface area contributed by atoms with Crippen LogP contribution in [-0.2, 0) is 0 Å².